The number of halogens is 1. The maximum absolute atomic E-state index is 13.5. The highest BCUT2D eigenvalue weighted by Gasteiger charge is 2.19. The van der Waals surface area contributed by atoms with E-state index in [-0.39, 0.29) is 12.2 Å². The lowest BCUT2D eigenvalue weighted by atomic mass is 10.0. The fraction of sp³-hybridized carbons (Fsp3) is 0.333. The van der Waals surface area contributed by atoms with E-state index in [0.717, 1.165) is 0 Å². The number of esters is 1. The van der Waals surface area contributed by atoms with Crippen molar-refractivity contribution in [3.63, 3.8) is 0 Å². The summed E-state index contributed by atoms with van der Waals surface area (Å²) in [5.41, 5.74) is 0.745. The van der Waals surface area contributed by atoms with Crippen LogP contribution in [0.1, 0.15) is 29.9 Å². The Kier molecular flexibility index (Phi) is 4.17. The Balaban J connectivity index is 2.74. The van der Waals surface area contributed by atoms with E-state index < -0.39 is 11.8 Å². The fourth-order valence-electron chi connectivity index (χ4n) is 2.08. The van der Waals surface area contributed by atoms with Crippen LogP contribution in [0.3, 0.4) is 0 Å². The van der Waals surface area contributed by atoms with E-state index in [1.54, 1.807) is 19.9 Å². The molecule has 0 saturated heterocycles. The molecule has 0 amide bonds. The molecule has 0 atom stereocenters. The third-order valence-corrected chi connectivity index (χ3v) is 2.87. The summed E-state index contributed by atoms with van der Waals surface area (Å²) in [7, 11) is 0. The first-order valence-electron chi connectivity index (χ1n) is 6.48. The lowest BCUT2D eigenvalue weighted by molar-refractivity contribution is 0.0527. The third-order valence-electron chi connectivity index (χ3n) is 2.87. The SMILES string of the molecule is CCOC(=O)c1c(C)nc(OCC)c2ccc(F)cc12. The third kappa shape index (κ3) is 2.57. The number of rotatable bonds is 4. The largest absolute Gasteiger partial charge is 0.478 e. The van der Waals surface area contributed by atoms with Gasteiger partial charge in [-0.3, -0.25) is 0 Å². The van der Waals surface area contributed by atoms with E-state index in [1.165, 1.54) is 12.1 Å². The normalized spacial score (nSPS) is 10.6. The van der Waals surface area contributed by atoms with Gasteiger partial charge in [0.1, 0.15) is 5.82 Å². The Morgan fingerprint density at radius 3 is 2.65 bits per heavy atom. The number of carbonyl (C=O) groups excluding carboxylic acids is 1. The molecule has 1 aromatic heterocycles. The second-order valence-electron chi connectivity index (χ2n) is 4.22. The highest BCUT2D eigenvalue weighted by atomic mass is 19.1. The van der Waals surface area contributed by atoms with Crippen LogP contribution in [0, 0.1) is 12.7 Å². The maximum atomic E-state index is 13.5. The van der Waals surface area contributed by atoms with Crippen molar-refractivity contribution in [1.82, 2.24) is 4.98 Å². The molecule has 1 aromatic carbocycles. The van der Waals surface area contributed by atoms with Crippen molar-refractivity contribution in [3.8, 4) is 5.88 Å². The molecule has 0 N–H and O–H groups in total. The van der Waals surface area contributed by atoms with Gasteiger partial charge in [0.25, 0.3) is 0 Å². The molecule has 0 unspecified atom stereocenters. The maximum Gasteiger partial charge on any atom is 0.340 e. The fourth-order valence-corrected chi connectivity index (χ4v) is 2.08. The average molecular weight is 277 g/mol. The van der Waals surface area contributed by atoms with Gasteiger partial charge in [0, 0.05) is 10.8 Å². The van der Waals surface area contributed by atoms with Gasteiger partial charge in [-0.15, -0.1) is 0 Å². The summed E-state index contributed by atoms with van der Waals surface area (Å²) < 4.78 is 24.0. The van der Waals surface area contributed by atoms with Crippen LogP contribution in [0.25, 0.3) is 10.8 Å². The smallest absolute Gasteiger partial charge is 0.340 e. The Bertz CT molecular complexity index is 655. The summed E-state index contributed by atoms with van der Waals surface area (Å²) in [6.07, 6.45) is 0. The number of benzene rings is 1. The summed E-state index contributed by atoms with van der Waals surface area (Å²) in [6, 6.07) is 4.18. The lowest BCUT2D eigenvalue weighted by Crippen LogP contribution is -2.10. The number of aromatic nitrogens is 1. The van der Waals surface area contributed by atoms with Gasteiger partial charge in [-0.25, -0.2) is 14.2 Å². The van der Waals surface area contributed by atoms with Crippen molar-refractivity contribution < 1.29 is 18.7 Å². The van der Waals surface area contributed by atoms with Crippen LogP contribution in [0.4, 0.5) is 4.39 Å². The summed E-state index contributed by atoms with van der Waals surface area (Å²) in [6.45, 7) is 5.93. The molecule has 2 aromatic rings. The van der Waals surface area contributed by atoms with E-state index >= 15 is 0 Å². The molecule has 0 saturated carbocycles. The topological polar surface area (TPSA) is 48.4 Å². The standard InChI is InChI=1S/C15H16FNO3/c1-4-19-14-11-7-6-10(16)8-12(11)13(9(3)17-14)15(18)20-5-2/h6-8H,4-5H2,1-3H3. The lowest BCUT2D eigenvalue weighted by Gasteiger charge is -2.13. The van der Waals surface area contributed by atoms with E-state index in [4.69, 9.17) is 9.47 Å². The molecule has 5 heteroatoms. The first-order valence-corrected chi connectivity index (χ1v) is 6.48. The zero-order chi connectivity index (χ0) is 14.7. The number of carbonyl (C=O) groups is 1. The van der Waals surface area contributed by atoms with Crippen molar-refractivity contribution in [1.29, 1.82) is 0 Å². The molecule has 0 aliphatic carbocycles. The van der Waals surface area contributed by atoms with Gasteiger partial charge in [-0.2, -0.15) is 0 Å². The summed E-state index contributed by atoms with van der Waals surface area (Å²) >= 11 is 0. The van der Waals surface area contributed by atoms with Gasteiger partial charge >= 0.3 is 5.97 Å². The van der Waals surface area contributed by atoms with E-state index in [1.807, 2.05) is 6.92 Å². The number of hydrogen-bond donors (Lipinski definition) is 0. The predicted octanol–water partition coefficient (Wildman–Crippen LogP) is 3.26. The van der Waals surface area contributed by atoms with Crippen molar-refractivity contribution >= 4 is 16.7 Å². The minimum atomic E-state index is -0.504. The molecular formula is C15H16FNO3. The number of ether oxygens (including phenoxy) is 2. The van der Waals surface area contributed by atoms with Gasteiger partial charge in [0.05, 0.1) is 24.5 Å². The van der Waals surface area contributed by atoms with Gasteiger partial charge < -0.3 is 9.47 Å². The monoisotopic (exact) mass is 277 g/mol. The zero-order valence-corrected chi connectivity index (χ0v) is 11.7. The van der Waals surface area contributed by atoms with Gasteiger partial charge in [0.2, 0.25) is 5.88 Å². The summed E-state index contributed by atoms with van der Waals surface area (Å²) in [5.74, 6) is -0.528. The molecule has 106 valence electrons. The van der Waals surface area contributed by atoms with Crippen LogP contribution in [-0.4, -0.2) is 24.2 Å². The molecule has 0 radical (unpaired) electrons. The minimum absolute atomic E-state index is 0.252. The molecule has 0 spiro atoms. The Morgan fingerprint density at radius 2 is 2.00 bits per heavy atom. The quantitative estimate of drug-likeness (QED) is 0.805. The molecule has 0 bridgehead atoms. The number of pyridine rings is 1. The second kappa shape index (κ2) is 5.86. The first-order chi connectivity index (χ1) is 9.58. The second-order valence-corrected chi connectivity index (χ2v) is 4.22. The van der Waals surface area contributed by atoms with Crippen LogP contribution in [0.2, 0.25) is 0 Å². The number of hydrogen-bond acceptors (Lipinski definition) is 4. The highest BCUT2D eigenvalue weighted by molar-refractivity contribution is 6.06. The van der Waals surface area contributed by atoms with Crippen molar-refractivity contribution in [2.75, 3.05) is 13.2 Å². The van der Waals surface area contributed by atoms with Crippen LogP contribution < -0.4 is 4.74 Å². The molecule has 4 nitrogen and oxygen atoms in total. The van der Waals surface area contributed by atoms with Gasteiger partial charge in [0.15, 0.2) is 0 Å². The number of nitrogens with zero attached hydrogens (tertiary/aromatic N) is 1. The van der Waals surface area contributed by atoms with E-state index in [2.05, 4.69) is 4.98 Å². The summed E-state index contributed by atoms with van der Waals surface area (Å²) in [4.78, 5) is 16.3. The van der Waals surface area contributed by atoms with Crippen molar-refractivity contribution in [3.05, 3.63) is 35.3 Å². The number of fused-ring (bicyclic) bond motifs is 1. The van der Waals surface area contributed by atoms with Crippen LogP contribution in [-0.2, 0) is 4.74 Å². The minimum Gasteiger partial charge on any atom is -0.478 e. The van der Waals surface area contributed by atoms with Crippen molar-refractivity contribution in [2.45, 2.75) is 20.8 Å². The van der Waals surface area contributed by atoms with Crippen LogP contribution in [0.5, 0.6) is 5.88 Å². The van der Waals surface area contributed by atoms with E-state index in [0.29, 0.717) is 29.0 Å². The molecule has 0 fully saturated rings. The average Bonchev–Trinajstić information content (AvgIpc) is 2.38. The van der Waals surface area contributed by atoms with E-state index in [9.17, 15) is 9.18 Å². The Labute approximate surface area is 116 Å². The predicted molar refractivity (Wildman–Crippen MR) is 73.6 cm³/mol. The van der Waals surface area contributed by atoms with Crippen molar-refractivity contribution in [2.24, 2.45) is 0 Å². The van der Waals surface area contributed by atoms with Gasteiger partial charge in [-0.1, -0.05) is 0 Å². The highest BCUT2D eigenvalue weighted by Crippen LogP contribution is 2.30. The molecular weight excluding hydrogens is 261 g/mol. The van der Waals surface area contributed by atoms with Crippen LogP contribution in [0.15, 0.2) is 18.2 Å². The number of aryl methyl sites for hydroxylation is 1. The molecule has 0 aliphatic heterocycles. The molecule has 1 heterocycles. The zero-order valence-electron chi connectivity index (χ0n) is 11.7. The Hall–Kier alpha value is -2.17. The molecule has 20 heavy (non-hydrogen) atoms. The Morgan fingerprint density at radius 1 is 1.25 bits per heavy atom. The molecule has 0 aliphatic rings. The van der Waals surface area contributed by atoms with Crippen LogP contribution >= 0.6 is 0 Å². The molecule has 2 rings (SSSR count). The summed E-state index contributed by atoms with van der Waals surface area (Å²) in [5, 5.41) is 1.06. The first kappa shape index (κ1) is 14.2. The van der Waals surface area contributed by atoms with Gasteiger partial charge in [-0.05, 0) is 39.0 Å².